The fourth-order valence-electron chi connectivity index (χ4n) is 3.37. The van der Waals surface area contributed by atoms with E-state index in [1.54, 1.807) is 18.3 Å². The number of fused-ring (bicyclic) bond motifs is 1. The zero-order valence-corrected chi connectivity index (χ0v) is 15.1. The number of nitrogens with one attached hydrogen (secondary N) is 1. The van der Waals surface area contributed by atoms with Crippen molar-refractivity contribution >= 4 is 28.3 Å². The van der Waals surface area contributed by atoms with E-state index in [1.165, 1.54) is 0 Å². The van der Waals surface area contributed by atoms with E-state index in [1.807, 2.05) is 36.1 Å². The number of likely N-dealkylation sites (tertiary alicyclic amines) is 1. The number of carbonyl (C=O) groups excluding carboxylic acids is 1. The Hall–Kier alpha value is -3.46. The average molecular weight is 357 g/mol. The third-order valence-electron chi connectivity index (χ3n) is 4.75. The second kappa shape index (κ2) is 7.04. The Morgan fingerprint density at radius 1 is 1.22 bits per heavy atom. The maximum absolute atomic E-state index is 13.1. The summed E-state index contributed by atoms with van der Waals surface area (Å²) >= 11 is 0. The molecule has 3 heterocycles. The van der Waals surface area contributed by atoms with E-state index in [4.69, 9.17) is 5.26 Å². The normalized spacial score (nSPS) is 13.6. The highest BCUT2D eigenvalue weighted by atomic mass is 16.2. The predicted molar refractivity (Wildman–Crippen MR) is 104 cm³/mol. The van der Waals surface area contributed by atoms with Gasteiger partial charge < -0.3 is 10.2 Å². The van der Waals surface area contributed by atoms with E-state index < -0.39 is 0 Å². The molecule has 1 amide bonds. The van der Waals surface area contributed by atoms with Crippen molar-refractivity contribution in [2.45, 2.75) is 19.8 Å². The van der Waals surface area contributed by atoms with E-state index in [9.17, 15) is 4.79 Å². The van der Waals surface area contributed by atoms with E-state index in [0.29, 0.717) is 22.5 Å². The molecule has 134 valence electrons. The molecule has 1 aromatic carbocycles. The molecule has 1 fully saturated rings. The number of anilines is 2. The number of aryl methyl sites for hydroxylation is 1. The van der Waals surface area contributed by atoms with Gasteiger partial charge in [-0.15, -0.1) is 0 Å². The number of amides is 1. The standard InChI is InChI=1S/C21H19N5O/c1-14-7-8-17-19(25-16-6-4-5-15(11-16)12-22)18(13-23-20(17)24-14)21(27)26-9-2-3-10-26/h4-8,11,13H,2-3,9-10H2,1H3,(H,23,24,25). The van der Waals surface area contributed by atoms with Crippen LogP contribution in [0.3, 0.4) is 0 Å². The molecule has 0 aliphatic carbocycles. The molecule has 0 bridgehead atoms. The number of benzene rings is 1. The van der Waals surface area contributed by atoms with Gasteiger partial charge in [0.05, 0.1) is 22.9 Å². The van der Waals surface area contributed by atoms with Crippen molar-refractivity contribution in [3.63, 3.8) is 0 Å². The fraction of sp³-hybridized carbons (Fsp3) is 0.238. The largest absolute Gasteiger partial charge is 0.354 e. The summed E-state index contributed by atoms with van der Waals surface area (Å²) in [4.78, 5) is 23.8. The van der Waals surface area contributed by atoms with Crippen LogP contribution in [0.5, 0.6) is 0 Å². The second-order valence-electron chi connectivity index (χ2n) is 6.69. The lowest BCUT2D eigenvalue weighted by Crippen LogP contribution is -2.28. The summed E-state index contributed by atoms with van der Waals surface area (Å²) in [6, 6.07) is 13.2. The molecule has 1 saturated heterocycles. The van der Waals surface area contributed by atoms with Gasteiger partial charge in [-0.2, -0.15) is 5.26 Å². The minimum absolute atomic E-state index is 0.0265. The molecule has 6 nitrogen and oxygen atoms in total. The molecule has 6 heteroatoms. The van der Waals surface area contributed by atoms with Crippen LogP contribution in [0.15, 0.2) is 42.6 Å². The van der Waals surface area contributed by atoms with Crippen molar-refractivity contribution < 1.29 is 4.79 Å². The molecule has 1 N–H and O–H groups in total. The maximum Gasteiger partial charge on any atom is 0.257 e. The summed E-state index contributed by atoms with van der Waals surface area (Å²) < 4.78 is 0. The third-order valence-corrected chi connectivity index (χ3v) is 4.75. The van der Waals surface area contributed by atoms with Crippen molar-refractivity contribution in [2.24, 2.45) is 0 Å². The van der Waals surface area contributed by atoms with Gasteiger partial charge in [0, 0.05) is 36.1 Å². The summed E-state index contributed by atoms with van der Waals surface area (Å²) in [5.41, 5.74) is 3.97. The van der Waals surface area contributed by atoms with Gasteiger partial charge in [0.15, 0.2) is 5.65 Å². The van der Waals surface area contributed by atoms with Crippen LogP contribution in [-0.4, -0.2) is 33.9 Å². The molecular weight excluding hydrogens is 338 g/mol. The van der Waals surface area contributed by atoms with Gasteiger partial charge in [0.2, 0.25) is 0 Å². The van der Waals surface area contributed by atoms with Crippen LogP contribution in [0.4, 0.5) is 11.4 Å². The van der Waals surface area contributed by atoms with Gasteiger partial charge in [0.1, 0.15) is 0 Å². The highest BCUT2D eigenvalue weighted by Gasteiger charge is 2.24. The summed E-state index contributed by atoms with van der Waals surface area (Å²) in [5, 5.41) is 13.3. The number of hydrogen-bond donors (Lipinski definition) is 1. The summed E-state index contributed by atoms with van der Waals surface area (Å²) in [6.45, 7) is 3.45. The third kappa shape index (κ3) is 3.32. The Bertz CT molecular complexity index is 1060. The Kier molecular flexibility index (Phi) is 4.43. The number of rotatable bonds is 3. The van der Waals surface area contributed by atoms with Crippen LogP contribution in [0.2, 0.25) is 0 Å². The Labute approximate surface area is 157 Å². The first-order chi connectivity index (χ1) is 13.2. The first kappa shape index (κ1) is 17.0. The van der Waals surface area contributed by atoms with Gasteiger partial charge in [-0.3, -0.25) is 4.79 Å². The molecule has 0 spiro atoms. The Morgan fingerprint density at radius 2 is 2.04 bits per heavy atom. The number of hydrogen-bond acceptors (Lipinski definition) is 5. The summed E-state index contributed by atoms with van der Waals surface area (Å²) in [7, 11) is 0. The molecule has 3 aromatic rings. The van der Waals surface area contributed by atoms with Crippen molar-refractivity contribution in [3.8, 4) is 6.07 Å². The molecule has 0 saturated carbocycles. The molecule has 0 unspecified atom stereocenters. The van der Waals surface area contributed by atoms with Crippen LogP contribution in [0.1, 0.15) is 34.5 Å². The van der Waals surface area contributed by atoms with Crippen molar-refractivity contribution in [2.75, 3.05) is 18.4 Å². The molecule has 4 rings (SSSR count). The molecule has 1 aliphatic rings. The van der Waals surface area contributed by atoms with E-state index in [0.717, 1.165) is 42.7 Å². The minimum Gasteiger partial charge on any atom is -0.354 e. The lowest BCUT2D eigenvalue weighted by Gasteiger charge is -2.19. The SMILES string of the molecule is Cc1ccc2c(Nc3cccc(C#N)c3)c(C(=O)N3CCCC3)cnc2n1. The van der Waals surface area contributed by atoms with Gasteiger partial charge >= 0.3 is 0 Å². The molecule has 0 atom stereocenters. The Morgan fingerprint density at radius 3 is 2.81 bits per heavy atom. The lowest BCUT2D eigenvalue weighted by molar-refractivity contribution is 0.0793. The highest BCUT2D eigenvalue weighted by molar-refractivity contribution is 6.07. The van der Waals surface area contributed by atoms with Crippen molar-refractivity contribution in [1.82, 2.24) is 14.9 Å². The first-order valence-corrected chi connectivity index (χ1v) is 8.98. The van der Waals surface area contributed by atoms with Crippen LogP contribution in [0.25, 0.3) is 11.0 Å². The van der Waals surface area contributed by atoms with Gasteiger partial charge in [-0.1, -0.05) is 6.07 Å². The molecule has 2 aromatic heterocycles. The fourth-order valence-corrected chi connectivity index (χ4v) is 3.37. The monoisotopic (exact) mass is 357 g/mol. The maximum atomic E-state index is 13.1. The topological polar surface area (TPSA) is 81.9 Å². The van der Waals surface area contributed by atoms with E-state index >= 15 is 0 Å². The Balaban J connectivity index is 1.84. The van der Waals surface area contributed by atoms with Crippen LogP contribution in [0, 0.1) is 18.3 Å². The number of nitriles is 1. The second-order valence-corrected chi connectivity index (χ2v) is 6.69. The average Bonchev–Trinajstić information content (AvgIpc) is 3.22. The van der Waals surface area contributed by atoms with Gasteiger partial charge in [0.25, 0.3) is 5.91 Å². The lowest BCUT2D eigenvalue weighted by atomic mass is 10.1. The van der Waals surface area contributed by atoms with Gasteiger partial charge in [-0.05, 0) is 50.1 Å². The number of pyridine rings is 2. The number of nitrogens with zero attached hydrogens (tertiary/aromatic N) is 4. The molecule has 1 aliphatic heterocycles. The minimum atomic E-state index is -0.0265. The smallest absolute Gasteiger partial charge is 0.257 e. The zero-order chi connectivity index (χ0) is 18.8. The van der Waals surface area contributed by atoms with E-state index in [2.05, 4.69) is 21.4 Å². The number of aromatic nitrogens is 2. The first-order valence-electron chi connectivity index (χ1n) is 8.98. The summed E-state index contributed by atoms with van der Waals surface area (Å²) in [5.74, 6) is -0.0265. The highest BCUT2D eigenvalue weighted by Crippen LogP contribution is 2.30. The quantitative estimate of drug-likeness (QED) is 0.771. The predicted octanol–water partition coefficient (Wildman–Crippen LogP) is 3.79. The van der Waals surface area contributed by atoms with Crippen LogP contribution < -0.4 is 5.32 Å². The molecular formula is C21H19N5O. The van der Waals surface area contributed by atoms with Crippen molar-refractivity contribution in [1.29, 1.82) is 5.26 Å². The molecule has 27 heavy (non-hydrogen) atoms. The van der Waals surface area contributed by atoms with Crippen molar-refractivity contribution in [3.05, 3.63) is 59.4 Å². The van der Waals surface area contributed by atoms with Crippen LogP contribution in [-0.2, 0) is 0 Å². The van der Waals surface area contributed by atoms with Gasteiger partial charge in [-0.25, -0.2) is 9.97 Å². The van der Waals surface area contributed by atoms with Crippen LogP contribution >= 0.6 is 0 Å². The zero-order valence-electron chi connectivity index (χ0n) is 15.1. The number of carbonyl (C=O) groups is 1. The van der Waals surface area contributed by atoms with E-state index in [-0.39, 0.29) is 5.91 Å². The molecule has 0 radical (unpaired) electrons. The summed E-state index contributed by atoms with van der Waals surface area (Å²) in [6.07, 6.45) is 3.66.